The summed E-state index contributed by atoms with van der Waals surface area (Å²) in [7, 11) is 0. The van der Waals surface area contributed by atoms with Gasteiger partial charge in [0.1, 0.15) is 4.33 Å². The average molecular weight is 287 g/mol. The van der Waals surface area contributed by atoms with E-state index in [1.165, 1.54) is 37.7 Å². The van der Waals surface area contributed by atoms with Crippen molar-refractivity contribution in [2.24, 2.45) is 22.2 Å². The lowest BCUT2D eigenvalue weighted by Crippen LogP contribution is -2.36. The number of rotatable bonds is 0. The summed E-state index contributed by atoms with van der Waals surface area (Å²) in [5.74, 6) is 0.543. The maximum Gasteiger partial charge on any atom is 0.131 e. The molecule has 3 aliphatic rings. The molecule has 18 heavy (non-hydrogen) atoms. The van der Waals surface area contributed by atoms with E-state index >= 15 is 0 Å². The fourth-order valence-corrected chi connectivity index (χ4v) is 6.42. The first-order valence-corrected chi connectivity index (χ1v) is 8.00. The standard InChI is InChI=1S/C16H24Cl2/c1-11-6-9-15-12(10-11)13(2,3)7-5-8-14(15,4)16(15,17)18/h10,12H,5-9H2,1-4H3/t12-,14-,15+/m1/s1. The molecule has 0 unspecified atom stereocenters. The van der Waals surface area contributed by atoms with Gasteiger partial charge < -0.3 is 0 Å². The Hall–Kier alpha value is 0.320. The van der Waals surface area contributed by atoms with Crippen LogP contribution in [0.15, 0.2) is 11.6 Å². The van der Waals surface area contributed by atoms with Crippen LogP contribution >= 0.6 is 23.2 Å². The predicted octanol–water partition coefficient (Wildman–Crippen LogP) is 5.73. The first kappa shape index (κ1) is 13.3. The predicted molar refractivity (Wildman–Crippen MR) is 79.1 cm³/mol. The fraction of sp³-hybridized carbons (Fsp3) is 0.875. The van der Waals surface area contributed by atoms with Gasteiger partial charge in [-0.15, -0.1) is 23.2 Å². The van der Waals surface area contributed by atoms with E-state index in [0.29, 0.717) is 11.3 Å². The molecule has 0 N–H and O–H groups in total. The van der Waals surface area contributed by atoms with E-state index in [0.717, 1.165) is 0 Å². The summed E-state index contributed by atoms with van der Waals surface area (Å²) >= 11 is 13.6. The first-order chi connectivity index (χ1) is 8.19. The van der Waals surface area contributed by atoms with Gasteiger partial charge in [0, 0.05) is 10.8 Å². The van der Waals surface area contributed by atoms with E-state index in [1.807, 2.05) is 0 Å². The topological polar surface area (TPSA) is 0 Å². The van der Waals surface area contributed by atoms with Gasteiger partial charge in [-0.25, -0.2) is 0 Å². The van der Waals surface area contributed by atoms with Crippen molar-refractivity contribution in [1.29, 1.82) is 0 Å². The molecule has 0 bridgehead atoms. The van der Waals surface area contributed by atoms with Crippen molar-refractivity contribution in [3.8, 4) is 0 Å². The van der Waals surface area contributed by atoms with E-state index in [-0.39, 0.29) is 10.8 Å². The molecule has 3 rings (SSSR count). The second kappa shape index (κ2) is 3.50. The van der Waals surface area contributed by atoms with Gasteiger partial charge in [-0.3, -0.25) is 0 Å². The highest BCUT2D eigenvalue weighted by molar-refractivity contribution is 6.52. The largest absolute Gasteiger partial charge is 0.131 e. The summed E-state index contributed by atoms with van der Waals surface area (Å²) in [6, 6.07) is 0. The monoisotopic (exact) mass is 286 g/mol. The zero-order valence-corrected chi connectivity index (χ0v) is 13.5. The third-order valence-electron chi connectivity index (χ3n) is 6.41. The number of halogens is 2. The van der Waals surface area contributed by atoms with E-state index in [2.05, 4.69) is 33.8 Å². The molecule has 0 heterocycles. The lowest BCUT2D eigenvalue weighted by Gasteiger charge is -2.42. The molecule has 0 radical (unpaired) electrons. The Bertz CT molecular complexity index is 421. The zero-order chi connectivity index (χ0) is 13.4. The molecule has 0 nitrogen and oxygen atoms in total. The number of hydrogen-bond donors (Lipinski definition) is 0. The highest BCUT2D eigenvalue weighted by Crippen LogP contribution is 2.87. The quantitative estimate of drug-likeness (QED) is 0.394. The molecular formula is C16H24Cl2. The van der Waals surface area contributed by atoms with Crippen molar-refractivity contribution < 1.29 is 0 Å². The second-order valence-corrected chi connectivity index (χ2v) is 9.04. The Morgan fingerprint density at radius 2 is 1.78 bits per heavy atom. The molecule has 2 fully saturated rings. The van der Waals surface area contributed by atoms with Gasteiger partial charge in [0.15, 0.2) is 0 Å². The van der Waals surface area contributed by atoms with Crippen molar-refractivity contribution in [1.82, 2.24) is 0 Å². The van der Waals surface area contributed by atoms with Crippen LogP contribution in [0.3, 0.4) is 0 Å². The molecule has 0 amide bonds. The Labute approximate surface area is 121 Å². The van der Waals surface area contributed by atoms with Crippen molar-refractivity contribution >= 4 is 23.2 Å². The minimum absolute atomic E-state index is 0.124. The molecular weight excluding hydrogens is 263 g/mol. The lowest BCUT2D eigenvalue weighted by molar-refractivity contribution is 0.127. The van der Waals surface area contributed by atoms with Crippen LogP contribution in [0.5, 0.6) is 0 Å². The molecule has 0 aromatic carbocycles. The molecule has 2 saturated carbocycles. The van der Waals surface area contributed by atoms with Crippen LogP contribution in [0.2, 0.25) is 0 Å². The Balaban J connectivity index is 2.15. The summed E-state index contributed by atoms with van der Waals surface area (Å²) < 4.78 is -0.514. The summed E-state index contributed by atoms with van der Waals surface area (Å²) in [6.07, 6.45) is 8.58. The fourth-order valence-electron chi connectivity index (χ4n) is 5.15. The Kier molecular flexibility index (Phi) is 2.59. The molecule has 0 aromatic rings. The van der Waals surface area contributed by atoms with E-state index in [9.17, 15) is 0 Å². The van der Waals surface area contributed by atoms with Gasteiger partial charge in [0.2, 0.25) is 0 Å². The Morgan fingerprint density at radius 3 is 2.44 bits per heavy atom. The molecule has 0 saturated heterocycles. The summed E-state index contributed by atoms with van der Waals surface area (Å²) in [5, 5.41) is 0. The molecule has 1 spiro atoms. The zero-order valence-electron chi connectivity index (χ0n) is 11.9. The van der Waals surface area contributed by atoms with Crippen LogP contribution < -0.4 is 0 Å². The van der Waals surface area contributed by atoms with Crippen LogP contribution in [0.25, 0.3) is 0 Å². The number of allylic oxidation sites excluding steroid dienone is 2. The van der Waals surface area contributed by atoms with Crippen LogP contribution in [0.1, 0.15) is 59.8 Å². The van der Waals surface area contributed by atoms with Crippen molar-refractivity contribution in [3.63, 3.8) is 0 Å². The highest BCUT2D eigenvalue weighted by atomic mass is 35.5. The third-order valence-corrected chi connectivity index (χ3v) is 7.92. The van der Waals surface area contributed by atoms with E-state index in [1.54, 1.807) is 0 Å². The summed E-state index contributed by atoms with van der Waals surface area (Å²) in [5.41, 5.74) is 2.10. The SMILES string of the molecule is CC1=C[C@@H]2C(C)(C)CCC[C@@]3(C)C(Cl)(Cl)[C@@]23CC1. The van der Waals surface area contributed by atoms with Crippen LogP contribution in [-0.2, 0) is 0 Å². The molecule has 0 aromatic heterocycles. The van der Waals surface area contributed by atoms with Gasteiger partial charge in [-0.1, -0.05) is 38.8 Å². The van der Waals surface area contributed by atoms with Crippen molar-refractivity contribution in [2.75, 3.05) is 0 Å². The van der Waals surface area contributed by atoms with E-state index < -0.39 is 4.33 Å². The summed E-state index contributed by atoms with van der Waals surface area (Å²) in [4.78, 5) is 0. The normalized spacial score (nSPS) is 48.6. The molecule has 3 aliphatic carbocycles. The van der Waals surface area contributed by atoms with Gasteiger partial charge in [-0.2, -0.15) is 0 Å². The smallest absolute Gasteiger partial charge is 0.100 e. The Morgan fingerprint density at radius 1 is 1.11 bits per heavy atom. The van der Waals surface area contributed by atoms with Gasteiger partial charge in [0.25, 0.3) is 0 Å². The third kappa shape index (κ3) is 1.25. The molecule has 102 valence electrons. The molecule has 2 heteroatoms. The maximum absolute atomic E-state index is 6.80. The van der Waals surface area contributed by atoms with Crippen LogP contribution in [0.4, 0.5) is 0 Å². The van der Waals surface area contributed by atoms with Crippen molar-refractivity contribution in [3.05, 3.63) is 11.6 Å². The minimum Gasteiger partial charge on any atom is -0.100 e. The van der Waals surface area contributed by atoms with Crippen molar-refractivity contribution in [2.45, 2.75) is 64.1 Å². The molecule has 3 atom stereocenters. The van der Waals surface area contributed by atoms with Gasteiger partial charge >= 0.3 is 0 Å². The number of alkyl halides is 2. The molecule has 0 aliphatic heterocycles. The van der Waals surface area contributed by atoms with Gasteiger partial charge in [0.05, 0.1) is 0 Å². The maximum atomic E-state index is 6.80. The first-order valence-electron chi connectivity index (χ1n) is 7.24. The summed E-state index contributed by atoms with van der Waals surface area (Å²) in [6.45, 7) is 9.40. The van der Waals surface area contributed by atoms with Gasteiger partial charge in [-0.05, 0) is 43.9 Å². The lowest BCUT2D eigenvalue weighted by atomic mass is 9.63. The number of hydrogen-bond acceptors (Lipinski definition) is 0. The minimum atomic E-state index is -0.514. The second-order valence-electron chi connectivity index (χ2n) is 7.71. The van der Waals surface area contributed by atoms with Crippen LogP contribution in [0, 0.1) is 22.2 Å². The van der Waals surface area contributed by atoms with E-state index in [4.69, 9.17) is 23.2 Å². The average Bonchev–Trinajstić information content (AvgIpc) is 2.65. The van der Waals surface area contributed by atoms with Crippen LogP contribution in [-0.4, -0.2) is 4.33 Å². The highest BCUT2D eigenvalue weighted by Gasteiger charge is 2.86.